The van der Waals surface area contributed by atoms with Gasteiger partial charge in [-0.2, -0.15) is 5.10 Å². The predicted octanol–water partition coefficient (Wildman–Crippen LogP) is 2.50. The second-order valence-corrected chi connectivity index (χ2v) is 4.55. The van der Waals surface area contributed by atoms with Crippen LogP contribution in [0, 0.1) is 0 Å². The first-order chi connectivity index (χ1) is 9.67. The van der Waals surface area contributed by atoms with E-state index < -0.39 is 0 Å². The van der Waals surface area contributed by atoms with Crippen molar-refractivity contribution >= 4 is 17.5 Å². The number of hydrogen-bond donors (Lipinski definition) is 1. The van der Waals surface area contributed by atoms with Gasteiger partial charge in [-0.05, 0) is 19.1 Å². The van der Waals surface area contributed by atoms with E-state index in [4.69, 9.17) is 16.3 Å². The smallest absolute Gasteiger partial charge is 0.255 e. The second kappa shape index (κ2) is 6.43. The molecule has 0 saturated carbocycles. The maximum atomic E-state index is 12.2. The Bertz CT molecular complexity index is 610. The van der Waals surface area contributed by atoms with Gasteiger partial charge in [0.25, 0.3) is 5.91 Å². The molecule has 2 aromatic rings. The summed E-state index contributed by atoms with van der Waals surface area (Å²) in [6.07, 6.45) is 1.58. The van der Waals surface area contributed by atoms with Crippen LogP contribution in [0.3, 0.4) is 0 Å². The summed E-state index contributed by atoms with van der Waals surface area (Å²) in [5, 5.41) is 7.50. The van der Waals surface area contributed by atoms with Crippen molar-refractivity contribution in [1.29, 1.82) is 0 Å². The number of nitrogens with zero attached hydrogens (tertiary/aromatic N) is 2. The summed E-state index contributed by atoms with van der Waals surface area (Å²) in [5.41, 5.74) is 1.28. The molecule has 0 spiro atoms. The molecule has 0 aliphatic heterocycles. The highest BCUT2D eigenvalue weighted by atomic mass is 35.5. The summed E-state index contributed by atoms with van der Waals surface area (Å²) < 4.78 is 6.92. The highest BCUT2D eigenvalue weighted by Gasteiger charge is 2.13. The Kier molecular flexibility index (Phi) is 4.63. The molecule has 2 rings (SSSR count). The molecule has 0 aliphatic carbocycles. The van der Waals surface area contributed by atoms with Gasteiger partial charge in [-0.15, -0.1) is 0 Å². The molecule has 0 fully saturated rings. The van der Waals surface area contributed by atoms with E-state index in [1.807, 2.05) is 13.0 Å². The van der Waals surface area contributed by atoms with Gasteiger partial charge in [-0.3, -0.25) is 9.48 Å². The molecule has 6 heteroatoms. The quantitative estimate of drug-likeness (QED) is 0.921. The fraction of sp³-hybridized carbons (Fsp3) is 0.286. The molecule has 1 aromatic carbocycles. The zero-order chi connectivity index (χ0) is 14.5. The lowest BCUT2D eigenvalue weighted by molar-refractivity contribution is 0.0947. The van der Waals surface area contributed by atoms with Crippen LogP contribution in [0.25, 0.3) is 0 Å². The van der Waals surface area contributed by atoms with Gasteiger partial charge < -0.3 is 10.1 Å². The maximum Gasteiger partial charge on any atom is 0.255 e. The number of hydrogen-bond acceptors (Lipinski definition) is 3. The molecule has 0 aliphatic rings. The van der Waals surface area contributed by atoms with Crippen molar-refractivity contribution < 1.29 is 9.53 Å². The molecule has 106 valence electrons. The molecule has 1 heterocycles. The van der Waals surface area contributed by atoms with E-state index in [1.54, 1.807) is 29.1 Å². The van der Waals surface area contributed by atoms with Gasteiger partial charge in [0, 0.05) is 6.54 Å². The molecule has 1 N–H and O–H groups in total. The number of aryl methyl sites for hydroxylation is 1. The number of methoxy groups -OCH3 is 1. The summed E-state index contributed by atoms with van der Waals surface area (Å²) in [5.74, 6) is 0.336. The lowest BCUT2D eigenvalue weighted by atomic mass is 10.2. The Morgan fingerprint density at radius 1 is 1.45 bits per heavy atom. The SMILES string of the molecule is CCn1ncc(Cl)c1CNC(=O)c1ccccc1OC. The number of benzene rings is 1. The lowest BCUT2D eigenvalue weighted by Gasteiger charge is -2.10. The molecule has 0 saturated heterocycles. The van der Waals surface area contributed by atoms with Gasteiger partial charge >= 0.3 is 0 Å². The van der Waals surface area contributed by atoms with E-state index >= 15 is 0 Å². The second-order valence-electron chi connectivity index (χ2n) is 4.14. The zero-order valence-electron chi connectivity index (χ0n) is 11.4. The molecule has 1 amide bonds. The van der Waals surface area contributed by atoms with Crippen LogP contribution in [0.2, 0.25) is 5.02 Å². The van der Waals surface area contributed by atoms with Crippen LogP contribution >= 0.6 is 11.6 Å². The molecule has 20 heavy (non-hydrogen) atoms. The van der Waals surface area contributed by atoms with E-state index in [0.29, 0.717) is 29.4 Å². The van der Waals surface area contributed by atoms with E-state index in [2.05, 4.69) is 10.4 Å². The predicted molar refractivity (Wildman–Crippen MR) is 77.1 cm³/mol. The average molecular weight is 294 g/mol. The first-order valence-electron chi connectivity index (χ1n) is 6.28. The highest BCUT2D eigenvalue weighted by molar-refractivity contribution is 6.31. The molecule has 5 nitrogen and oxygen atoms in total. The van der Waals surface area contributed by atoms with Crippen molar-refractivity contribution in [2.24, 2.45) is 0 Å². The van der Waals surface area contributed by atoms with Gasteiger partial charge in [0.05, 0.1) is 36.1 Å². The number of carbonyl (C=O) groups is 1. The maximum absolute atomic E-state index is 12.2. The van der Waals surface area contributed by atoms with Gasteiger partial charge in [0.2, 0.25) is 0 Å². The Hall–Kier alpha value is -2.01. The number of ether oxygens (including phenoxy) is 1. The van der Waals surface area contributed by atoms with Crippen LogP contribution < -0.4 is 10.1 Å². The number of para-hydroxylation sites is 1. The number of halogens is 1. The Labute approximate surface area is 122 Å². The monoisotopic (exact) mass is 293 g/mol. The van der Waals surface area contributed by atoms with Crippen molar-refractivity contribution in [3.8, 4) is 5.75 Å². The first-order valence-corrected chi connectivity index (χ1v) is 6.66. The van der Waals surface area contributed by atoms with Crippen LogP contribution in [0.5, 0.6) is 5.75 Å². The third kappa shape index (κ3) is 2.93. The van der Waals surface area contributed by atoms with Gasteiger partial charge in [0.1, 0.15) is 5.75 Å². The molecular formula is C14H16ClN3O2. The zero-order valence-corrected chi connectivity index (χ0v) is 12.1. The topological polar surface area (TPSA) is 56.2 Å². The minimum absolute atomic E-state index is 0.206. The fourth-order valence-corrected chi connectivity index (χ4v) is 2.14. The summed E-state index contributed by atoms with van der Waals surface area (Å²) >= 11 is 6.05. The molecule has 0 radical (unpaired) electrons. The minimum Gasteiger partial charge on any atom is -0.496 e. The first kappa shape index (κ1) is 14.4. The molecule has 0 atom stereocenters. The number of carbonyl (C=O) groups excluding carboxylic acids is 1. The molecule has 1 aromatic heterocycles. The number of nitrogens with one attached hydrogen (secondary N) is 1. The van der Waals surface area contributed by atoms with E-state index in [1.165, 1.54) is 7.11 Å². The summed E-state index contributed by atoms with van der Waals surface area (Å²) in [4.78, 5) is 12.2. The standard InChI is InChI=1S/C14H16ClN3O2/c1-3-18-12(11(15)8-17-18)9-16-14(19)10-6-4-5-7-13(10)20-2/h4-8H,3,9H2,1-2H3,(H,16,19). The minimum atomic E-state index is -0.206. The molecular weight excluding hydrogens is 278 g/mol. The largest absolute Gasteiger partial charge is 0.496 e. The third-order valence-electron chi connectivity index (χ3n) is 2.97. The van der Waals surface area contributed by atoms with Crippen molar-refractivity contribution in [2.75, 3.05) is 7.11 Å². The van der Waals surface area contributed by atoms with Crippen molar-refractivity contribution in [2.45, 2.75) is 20.0 Å². The van der Waals surface area contributed by atoms with Gasteiger partial charge in [0.15, 0.2) is 0 Å². The van der Waals surface area contributed by atoms with E-state index in [9.17, 15) is 4.79 Å². The summed E-state index contributed by atoms with van der Waals surface area (Å²) in [6.45, 7) is 2.99. The summed E-state index contributed by atoms with van der Waals surface area (Å²) in [6, 6.07) is 7.07. The van der Waals surface area contributed by atoms with Crippen LogP contribution in [0.15, 0.2) is 30.5 Å². The third-order valence-corrected chi connectivity index (χ3v) is 3.28. The number of aromatic nitrogens is 2. The van der Waals surface area contributed by atoms with Crippen LogP contribution in [0.1, 0.15) is 23.0 Å². The van der Waals surface area contributed by atoms with E-state index in [0.717, 1.165) is 5.69 Å². The normalized spacial score (nSPS) is 10.3. The average Bonchev–Trinajstić information content (AvgIpc) is 2.85. The number of amides is 1. The van der Waals surface area contributed by atoms with Crippen molar-refractivity contribution in [3.63, 3.8) is 0 Å². The Morgan fingerprint density at radius 3 is 2.90 bits per heavy atom. The fourth-order valence-electron chi connectivity index (χ4n) is 1.93. The van der Waals surface area contributed by atoms with Gasteiger partial charge in [-0.25, -0.2) is 0 Å². The Balaban J connectivity index is 2.11. The lowest BCUT2D eigenvalue weighted by Crippen LogP contribution is -2.25. The van der Waals surface area contributed by atoms with Crippen molar-refractivity contribution in [1.82, 2.24) is 15.1 Å². The van der Waals surface area contributed by atoms with Crippen LogP contribution in [-0.2, 0) is 13.1 Å². The van der Waals surface area contributed by atoms with Crippen LogP contribution in [0.4, 0.5) is 0 Å². The van der Waals surface area contributed by atoms with E-state index in [-0.39, 0.29) is 5.91 Å². The molecule has 0 unspecified atom stereocenters. The molecule has 0 bridgehead atoms. The summed E-state index contributed by atoms with van der Waals surface area (Å²) in [7, 11) is 1.54. The number of rotatable bonds is 5. The Morgan fingerprint density at radius 2 is 2.20 bits per heavy atom. The van der Waals surface area contributed by atoms with Crippen LogP contribution in [-0.4, -0.2) is 22.8 Å². The highest BCUT2D eigenvalue weighted by Crippen LogP contribution is 2.18. The van der Waals surface area contributed by atoms with Gasteiger partial charge in [-0.1, -0.05) is 23.7 Å². The van der Waals surface area contributed by atoms with Crippen molar-refractivity contribution in [3.05, 3.63) is 46.7 Å².